The average Bonchev–Trinajstić information content (AvgIpc) is 2.61. The molecule has 2 aromatic rings. The van der Waals surface area contributed by atoms with E-state index >= 15 is 0 Å². The van der Waals surface area contributed by atoms with Gasteiger partial charge in [0, 0.05) is 11.6 Å². The molecule has 2 rings (SSSR count). The van der Waals surface area contributed by atoms with E-state index in [-0.39, 0.29) is 11.9 Å². The second-order valence-electron chi connectivity index (χ2n) is 6.19. The van der Waals surface area contributed by atoms with Gasteiger partial charge in [-0.2, -0.15) is 0 Å². The number of likely N-dealkylation sites (N-methyl/N-ethyl adjacent to an activating group) is 1. The Bertz CT molecular complexity index is 696. The molecule has 25 heavy (non-hydrogen) atoms. The van der Waals surface area contributed by atoms with Crippen LogP contribution in [-0.2, 0) is 4.79 Å². The number of benzene rings is 2. The summed E-state index contributed by atoms with van der Waals surface area (Å²) in [6.07, 6.45) is 3.36. The fraction of sp³-hybridized carbons (Fsp3) is 0.286. The van der Waals surface area contributed by atoms with E-state index in [0.29, 0.717) is 6.61 Å². The highest BCUT2D eigenvalue weighted by atomic mass is 16.5. The molecule has 0 saturated heterocycles. The van der Waals surface area contributed by atoms with Gasteiger partial charge in [-0.25, -0.2) is 0 Å². The van der Waals surface area contributed by atoms with Crippen molar-refractivity contribution in [3.8, 4) is 5.75 Å². The lowest BCUT2D eigenvalue weighted by molar-refractivity contribution is -0.860. The number of rotatable bonds is 8. The van der Waals surface area contributed by atoms with Crippen molar-refractivity contribution in [3.05, 3.63) is 71.8 Å². The van der Waals surface area contributed by atoms with Crippen molar-refractivity contribution in [2.45, 2.75) is 13.0 Å². The predicted molar refractivity (Wildman–Crippen MR) is 102 cm³/mol. The highest BCUT2D eigenvalue weighted by Crippen LogP contribution is 2.19. The summed E-state index contributed by atoms with van der Waals surface area (Å²) in [6, 6.07) is 17.7. The van der Waals surface area contributed by atoms with Gasteiger partial charge in [0.15, 0.2) is 0 Å². The Balaban J connectivity index is 2.08. The Labute approximate surface area is 150 Å². The molecule has 1 amide bonds. The van der Waals surface area contributed by atoms with Crippen LogP contribution in [-0.4, -0.2) is 33.2 Å². The maximum absolute atomic E-state index is 12.4. The largest absolute Gasteiger partial charge is 0.493 e. The highest BCUT2D eigenvalue weighted by Gasteiger charge is 2.16. The summed E-state index contributed by atoms with van der Waals surface area (Å²) in [6.45, 7) is 3.36. The third-order valence-electron chi connectivity index (χ3n) is 3.76. The molecule has 0 aliphatic heterocycles. The molecule has 0 fully saturated rings. The van der Waals surface area contributed by atoms with Crippen molar-refractivity contribution in [2.75, 3.05) is 27.2 Å². The zero-order valence-electron chi connectivity index (χ0n) is 15.2. The zero-order valence-corrected chi connectivity index (χ0v) is 15.2. The van der Waals surface area contributed by atoms with Gasteiger partial charge in [-0.1, -0.05) is 48.5 Å². The molecule has 0 aromatic heterocycles. The van der Waals surface area contributed by atoms with Gasteiger partial charge in [-0.05, 0) is 24.6 Å². The van der Waals surface area contributed by atoms with Crippen molar-refractivity contribution in [1.29, 1.82) is 0 Å². The predicted octanol–water partition coefficient (Wildman–Crippen LogP) is 2.10. The smallest absolute Gasteiger partial charge is 0.244 e. The fourth-order valence-electron chi connectivity index (χ4n) is 2.64. The minimum Gasteiger partial charge on any atom is -0.493 e. The molecule has 0 unspecified atom stereocenters. The van der Waals surface area contributed by atoms with Crippen LogP contribution in [0.15, 0.2) is 60.7 Å². The summed E-state index contributed by atoms with van der Waals surface area (Å²) in [5, 5.41) is 3.10. The molecule has 2 N–H and O–H groups in total. The number of carbonyl (C=O) groups is 1. The summed E-state index contributed by atoms with van der Waals surface area (Å²) < 4.78 is 5.59. The molecule has 0 spiro atoms. The third kappa shape index (κ3) is 6.08. The SMILES string of the molecule is CCOc1ccccc1/C=C/C(=O)N[C@@H](C[NH+](C)C)c1ccccc1. The first-order chi connectivity index (χ1) is 12.1. The zero-order chi connectivity index (χ0) is 18.1. The van der Waals surface area contributed by atoms with Crippen molar-refractivity contribution in [1.82, 2.24) is 5.32 Å². The normalized spacial score (nSPS) is 12.3. The van der Waals surface area contributed by atoms with Gasteiger partial charge in [0.1, 0.15) is 18.3 Å². The van der Waals surface area contributed by atoms with E-state index in [0.717, 1.165) is 23.4 Å². The van der Waals surface area contributed by atoms with E-state index in [1.54, 1.807) is 12.2 Å². The first-order valence-electron chi connectivity index (χ1n) is 8.64. The molecular formula is C21H27N2O2+. The molecule has 0 heterocycles. The fourth-order valence-corrected chi connectivity index (χ4v) is 2.64. The number of quaternary nitrogens is 1. The summed E-state index contributed by atoms with van der Waals surface area (Å²) in [5.41, 5.74) is 2.01. The average molecular weight is 339 g/mol. The second kappa shape index (κ2) is 9.64. The van der Waals surface area contributed by atoms with Crippen molar-refractivity contribution in [3.63, 3.8) is 0 Å². The second-order valence-corrected chi connectivity index (χ2v) is 6.19. The van der Waals surface area contributed by atoms with Gasteiger partial charge in [-0.15, -0.1) is 0 Å². The maximum Gasteiger partial charge on any atom is 0.244 e. The molecular weight excluding hydrogens is 312 g/mol. The van der Waals surface area contributed by atoms with Gasteiger partial charge >= 0.3 is 0 Å². The number of carbonyl (C=O) groups excluding carboxylic acids is 1. The molecule has 0 aliphatic rings. The summed E-state index contributed by atoms with van der Waals surface area (Å²) in [4.78, 5) is 13.7. The van der Waals surface area contributed by atoms with Crippen molar-refractivity contribution >= 4 is 12.0 Å². The lowest BCUT2D eigenvalue weighted by atomic mass is 10.1. The number of amides is 1. The van der Waals surface area contributed by atoms with E-state index in [1.165, 1.54) is 4.90 Å². The van der Waals surface area contributed by atoms with Crippen LogP contribution in [0.2, 0.25) is 0 Å². The van der Waals surface area contributed by atoms with Crippen molar-refractivity contribution < 1.29 is 14.4 Å². The standard InChI is InChI=1S/C21H26N2O2/c1-4-25-20-13-9-8-12-18(20)14-15-21(24)22-19(16-23(2)3)17-10-6-5-7-11-17/h5-15,19H,4,16H2,1-3H3,(H,22,24)/p+1/b15-14+/t19-/m0/s1. The molecule has 0 aliphatic carbocycles. The first kappa shape index (κ1) is 18.7. The van der Waals surface area contributed by atoms with E-state index in [4.69, 9.17) is 4.74 Å². The Kier molecular flexibility index (Phi) is 7.23. The van der Waals surface area contributed by atoms with Gasteiger partial charge in [0.25, 0.3) is 0 Å². The molecule has 4 nitrogen and oxygen atoms in total. The number of ether oxygens (including phenoxy) is 1. The quantitative estimate of drug-likeness (QED) is 0.724. The van der Waals surface area contributed by atoms with Gasteiger partial charge in [0.05, 0.1) is 20.7 Å². The Morgan fingerprint density at radius 2 is 1.80 bits per heavy atom. The van der Waals surface area contributed by atoms with Crippen LogP contribution in [0, 0.1) is 0 Å². The lowest BCUT2D eigenvalue weighted by Crippen LogP contribution is -3.06. The number of para-hydroxylation sites is 1. The topological polar surface area (TPSA) is 42.8 Å². The Hall–Kier alpha value is -2.59. The van der Waals surface area contributed by atoms with E-state index in [2.05, 4.69) is 19.4 Å². The Morgan fingerprint density at radius 3 is 2.48 bits per heavy atom. The summed E-state index contributed by atoms with van der Waals surface area (Å²) in [5.74, 6) is 0.674. The van der Waals surface area contributed by atoms with Crippen LogP contribution < -0.4 is 15.0 Å². The first-order valence-corrected chi connectivity index (χ1v) is 8.64. The van der Waals surface area contributed by atoms with Crippen LogP contribution in [0.1, 0.15) is 24.1 Å². The molecule has 0 radical (unpaired) electrons. The number of hydrogen-bond acceptors (Lipinski definition) is 2. The molecule has 2 aromatic carbocycles. The Morgan fingerprint density at radius 1 is 1.12 bits per heavy atom. The van der Waals surface area contributed by atoms with Crippen molar-refractivity contribution in [2.24, 2.45) is 0 Å². The monoisotopic (exact) mass is 339 g/mol. The minimum absolute atomic E-state index is 0.0227. The lowest BCUT2D eigenvalue weighted by Gasteiger charge is -2.20. The van der Waals surface area contributed by atoms with Gasteiger partial charge < -0.3 is 15.0 Å². The maximum atomic E-state index is 12.4. The molecule has 132 valence electrons. The van der Waals surface area contributed by atoms with Crippen LogP contribution in [0.5, 0.6) is 5.75 Å². The van der Waals surface area contributed by atoms with Crippen LogP contribution in [0.3, 0.4) is 0 Å². The summed E-state index contributed by atoms with van der Waals surface area (Å²) >= 11 is 0. The van der Waals surface area contributed by atoms with E-state index < -0.39 is 0 Å². The molecule has 4 heteroatoms. The van der Waals surface area contributed by atoms with Crippen LogP contribution >= 0.6 is 0 Å². The molecule has 1 atom stereocenters. The number of nitrogens with one attached hydrogen (secondary N) is 2. The molecule has 0 bridgehead atoms. The van der Waals surface area contributed by atoms with E-state index in [1.807, 2.05) is 61.5 Å². The highest BCUT2D eigenvalue weighted by molar-refractivity contribution is 5.92. The number of hydrogen-bond donors (Lipinski definition) is 2. The van der Waals surface area contributed by atoms with Gasteiger partial charge in [0.2, 0.25) is 5.91 Å². The van der Waals surface area contributed by atoms with Crippen LogP contribution in [0.4, 0.5) is 0 Å². The summed E-state index contributed by atoms with van der Waals surface area (Å²) in [7, 11) is 4.16. The van der Waals surface area contributed by atoms with Crippen LogP contribution in [0.25, 0.3) is 6.08 Å². The minimum atomic E-state index is -0.110. The third-order valence-corrected chi connectivity index (χ3v) is 3.76. The van der Waals surface area contributed by atoms with Gasteiger partial charge in [-0.3, -0.25) is 4.79 Å². The van der Waals surface area contributed by atoms with E-state index in [9.17, 15) is 4.79 Å². The molecule has 0 saturated carbocycles.